The number of nitrogens with one attached hydrogen (secondary N) is 1. The molecule has 0 aromatic heterocycles. The largest absolute Gasteiger partial charge is 0.494 e. The smallest absolute Gasteiger partial charge is 0.410 e. The summed E-state index contributed by atoms with van der Waals surface area (Å²) < 4.78 is 22.4. The molecule has 0 radical (unpaired) electrons. The Bertz CT molecular complexity index is 1180. The number of amides is 3. The van der Waals surface area contributed by atoms with Crippen molar-refractivity contribution in [3.05, 3.63) is 29.3 Å². The molecule has 3 atom stereocenters. The summed E-state index contributed by atoms with van der Waals surface area (Å²) in [6, 6.07) is 3.92. The predicted octanol–water partition coefficient (Wildman–Crippen LogP) is 4.40. The maximum Gasteiger partial charge on any atom is 0.410 e. The maximum atomic E-state index is 13.9. The highest BCUT2D eigenvalue weighted by atomic mass is 16.6. The number of hydrogen-bond acceptors (Lipinski definition) is 8. The van der Waals surface area contributed by atoms with Gasteiger partial charge in [0.05, 0.1) is 26.9 Å². The molecule has 1 saturated heterocycles. The summed E-state index contributed by atoms with van der Waals surface area (Å²) in [6.07, 6.45) is 1.84. The fourth-order valence-electron chi connectivity index (χ4n) is 5.67. The van der Waals surface area contributed by atoms with Crippen molar-refractivity contribution in [3.63, 3.8) is 0 Å². The van der Waals surface area contributed by atoms with Crippen LogP contribution in [0.1, 0.15) is 77.8 Å². The van der Waals surface area contributed by atoms with Gasteiger partial charge in [-0.2, -0.15) is 0 Å². The Morgan fingerprint density at radius 2 is 1.79 bits per heavy atom. The number of alkyl carbamates (subject to hydrolysis) is 1. The van der Waals surface area contributed by atoms with Crippen LogP contribution in [-0.4, -0.2) is 78.9 Å². The normalized spacial score (nSPS) is 25.8. The first-order valence-corrected chi connectivity index (χ1v) is 14.8. The molecule has 11 heteroatoms. The molecule has 232 valence electrons. The van der Waals surface area contributed by atoms with Crippen LogP contribution in [0.15, 0.2) is 18.2 Å². The minimum absolute atomic E-state index is 0.000540. The molecule has 1 fully saturated rings. The van der Waals surface area contributed by atoms with Gasteiger partial charge in [0.25, 0.3) is 0 Å². The number of esters is 1. The second kappa shape index (κ2) is 12.8. The van der Waals surface area contributed by atoms with Crippen molar-refractivity contribution in [2.45, 2.75) is 98.0 Å². The first-order valence-electron chi connectivity index (χ1n) is 14.8. The molecule has 42 heavy (non-hydrogen) atoms. The van der Waals surface area contributed by atoms with E-state index in [0.717, 1.165) is 42.6 Å². The Kier molecular flexibility index (Phi) is 9.57. The molecule has 1 aromatic carbocycles. The third-order valence-corrected chi connectivity index (χ3v) is 8.18. The summed E-state index contributed by atoms with van der Waals surface area (Å²) in [7, 11) is 1.25. The molecule has 0 aliphatic carbocycles. The maximum absolute atomic E-state index is 13.9. The van der Waals surface area contributed by atoms with E-state index in [9.17, 15) is 19.2 Å². The lowest BCUT2D eigenvalue weighted by molar-refractivity contribution is -0.152. The molecule has 3 amide bonds. The number of ether oxygens (including phenoxy) is 4. The third-order valence-electron chi connectivity index (χ3n) is 8.18. The molecule has 5 bridgehead atoms. The van der Waals surface area contributed by atoms with E-state index in [1.807, 2.05) is 52.8 Å². The van der Waals surface area contributed by atoms with Crippen molar-refractivity contribution >= 4 is 24.1 Å². The van der Waals surface area contributed by atoms with Crippen molar-refractivity contribution in [1.82, 2.24) is 15.1 Å². The fourth-order valence-corrected chi connectivity index (χ4v) is 5.67. The van der Waals surface area contributed by atoms with E-state index in [-0.39, 0.29) is 25.0 Å². The molecule has 3 aliphatic rings. The number of carbonyl (C=O) groups excluding carboxylic acids is 4. The zero-order valence-electron chi connectivity index (χ0n) is 25.7. The lowest BCUT2D eigenvalue weighted by Crippen LogP contribution is -2.57. The van der Waals surface area contributed by atoms with E-state index < -0.39 is 47.7 Å². The van der Waals surface area contributed by atoms with Crippen LogP contribution in [0.2, 0.25) is 0 Å². The average molecular weight is 588 g/mol. The van der Waals surface area contributed by atoms with Crippen LogP contribution in [0, 0.1) is 10.8 Å². The zero-order valence-corrected chi connectivity index (χ0v) is 25.7. The summed E-state index contributed by atoms with van der Waals surface area (Å²) >= 11 is 0. The Hall–Kier alpha value is -3.50. The summed E-state index contributed by atoms with van der Waals surface area (Å²) in [5, 5.41) is 2.74. The van der Waals surface area contributed by atoms with Gasteiger partial charge in [-0.3, -0.25) is 9.69 Å². The molecule has 0 spiro atoms. The van der Waals surface area contributed by atoms with Crippen LogP contribution in [0.3, 0.4) is 0 Å². The number of fused-ring (bicyclic) bond motifs is 4. The molecular formula is C31H45N3O8. The van der Waals surface area contributed by atoms with Gasteiger partial charge in [-0.25, -0.2) is 14.4 Å². The standard InChI is InChI=1S/C31H45N3O8/c1-30(2,3)25-26(35)34-18-23(15-24(34)27(36)39-6)42-29(38)33-16-20-10-11-22(14-21(20)17-33)40-13-9-7-8-12-31(4,5)19-41-28(37)32-25/h10-11,14,23-25H,7-9,12-13,15-19H2,1-6H3,(H,32,37)/t23-,24?,25-/m1/s1. The van der Waals surface area contributed by atoms with Gasteiger partial charge in [0.1, 0.15) is 23.9 Å². The first-order chi connectivity index (χ1) is 19.8. The summed E-state index contributed by atoms with van der Waals surface area (Å²) in [5.41, 5.74) is 1.08. The number of cyclic esters (lactones) is 1. The zero-order chi connectivity index (χ0) is 30.7. The number of methoxy groups -OCH3 is 1. The molecule has 3 heterocycles. The van der Waals surface area contributed by atoms with E-state index in [4.69, 9.17) is 18.9 Å². The van der Waals surface area contributed by atoms with Gasteiger partial charge in [-0.15, -0.1) is 0 Å². The van der Waals surface area contributed by atoms with E-state index in [1.54, 1.807) is 4.90 Å². The van der Waals surface area contributed by atoms with Crippen LogP contribution in [0.4, 0.5) is 9.59 Å². The number of rotatable bonds is 1. The first kappa shape index (κ1) is 31.4. The number of benzene rings is 1. The minimum atomic E-state index is -0.987. The molecule has 1 unspecified atom stereocenters. The quantitative estimate of drug-likeness (QED) is 0.379. The summed E-state index contributed by atoms with van der Waals surface area (Å²) in [5.74, 6) is -0.310. The van der Waals surface area contributed by atoms with Crippen molar-refractivity contribution in [3.8, 4) is 5.75 Å². The van der Waals surface area contributed by atoms with E-state index in [2.05, 4.69) is 5.32 Å². The van der Waals surface area contributed by atoms with E-state index >= 15 is 0 Å². The second-order valence-corrected chi connectivity index (χ2v) is 13.4. The minimum Gasteiger partial charge on any atom is -0.494 e. The molecule has 3 aliphatic heterocycles. The third kappa shape index (κ3) is 7.66. The van der Waals surface area contributed by atoms with Gasteiger partial charge in [-0.1, -0.05) is 53.5 Å². The highest BCUT2D eigenvalue weighted by Gasteiger charge is 2.47. The summed E-state index contributed by atoms with van der Waals surface area (Å²) in [6.45, 7) is 11.1. The van der Waals surface area contributed by atoms with Gasteiger partial charge in [0, 0.05) is 19.5 Å². The Morgan fingerprint density at radius 1 is 1.05 bits per heavy atom. The molecule has 1 aromatic rings. The Balaban J connectivity index is 1.57. The number of carbonyl (C=O) groups is 4. The van der Waals surface area contributed by atoms with Crippen LogP contribution in [-0.2, 0) is 36.9 Å². The fraction of sp³-hybridized carbons (Fsp3) is 0.677. The van der Waals surface area contributed by atoms with Crippen LogP contribution >= 0.6 is 0 Å². The van der Waals surface area contributed by atoms with Gasteiger partial charge < -0.3 is 29.2 Å². The topological polar surface area (TPSA) is 124 Å². The molecule has 1 N–H and O–H groups in total. The van der Waals surface area contributed by atoms with E-state index in [0.29, 0.717) is 19.7 Å². The predicted molar refractivity (Wildman–Crippen MR) is 154 cm³/mol. The van der Waals surface area contributed by atoms with Crippen molar-refractivity contribution in [2.24, 2.45) is 10.8 Å². The van der Waals surface area contributed by atoms with Crippen LogP contribution in [0.25, 0.3) is 0 Å². The van der Waals surface area contributed by atoms with Crippen LogP contribution in [0.5, 0.6) is 5.75 Å². The Labute approximate surface area is 248 Å². The summed E-state index contributed by atoms with van der Waals surface area (Å²) in [4.78, 5) is 55.6. The van der Waals surface area contributed by atoms with Gasteiger partial charge in [-0.05, 0) is 46.9 Å². The average Bonchev–Trinajstić information content (AvgIpc) is 3.55. The van der Waals surface area contributed by atoms with Gasteiger partial charge >= 0.3 is 18.2 Å². The number of hydrogen-bond donors (Lipinski definition) is 1. The van der Waals surface area contributed by atoms with Crippen molar-refractivity contribution in [1.29, 1.82) is 0 Å². The van der Waals surface area contributed by atoms with Crippen molar-refractivity contribution < 1.29 is 38.1 Å². The van der Waals surface area contributed by atoms with Crippen molar-refractivity contribution in [2.75, 3.05) is 26.9 Å². The molecule has 0 saturated carbocycles. The SMILES string of the molecule is COC(=O)C1C[C@@H]2CN1C(=O)[C@H](C(C)(C)C)NC(=O)OCC(C)(C)CCCCCOc1ccc3c(c1)CN(C3)C(=O)O2. The lowest BCUT2D eigenvalue weighted by atomic mass is 9.85. The Morgan fingerprint density at radius 3 is 2.50 bits per heavy atom. The molecular weight excluding hydrogens is 542 g/mol. The lowest BCUT2D eigenvalue weighted by Gasteiger charge is -2.35. The van der Waals surface area contributed by atoms with Gasteiger partial charge in [0.2, 0.25) is 5.91 Å². The number of nitrogens with zero attached hydrogens (tertiary/aromatic N) is 2. The molecule has 11 nitrogen and oxygen atoms in total. The second-order valence-electron chi connectivity index (χ2n) is 13.4. The highest BCUT2D eigenvalue weighted by molar-refractivity contribution is 5.91. The molecule has 4 rings (SSSR count). The van der Waals surface area contributed by atoms with Crippen LogP contribution < -0.4 is 10.1 Å². The highest BCUT2D eigenvalue weighted by Crippen LogP contribution is 2.31. The monoisotopic (exact) mass is 587 g/mol. The van der Waals surface area contributed by atoms with E-state index in [1.165, 1.54) is 12.0 Å². The van der Waals surface area contributed by atoms with Gasteiger partial charge in [0.15, 0.2) is 0 Å².